The van der Waals surface area contributed by atoms with Gasteiger partial charge < -0.3 is 10.1 Å². The minimum absolute atomic E-state index is 0.0521. The molecule has 1 unspecified atom stereocenters. The molecule has 1 aliphatic heterocycles. The summed E-state index contributed by atoms with van der Waals surface area (Å²) in [5, 5.41) is 8.47. The third kappa shape index (κ3) is 5.30. The van der Waals surface area contributed by atoms with E-state index in [-0.39, 0.29) is 17.9 Å². The van der Waals surface area contributed by atoms with Gasteiger partial charge in [0.25, 0.3) is 0 Å². The van der Waals surface area contributed by atoms with Crippen molar-refractivity contribution in [3.8, 4) is 0 Å². The maximum atomic E-state index is 14.1. The summed E-state index contributed by atoms with van der Waals surface area (Å²) in [4.78, 5) is 18.1. The molecule has 0 radical (unpaired) electrons. The van der Waals surface area contributed by atoms with E-state index >= 15 is 0 Å². The largest absolute Gasteiger partial charge is 0.459 e. The number of hydrogen-bond donors (Lipinski definition) is 1. The second-order valence-corrected chi connectivity index (χ2v) is 10.7. The lowest BCUT2D eigenvalue weighted by atomic mass is 9.95. The molecule has 2 heterocycles. The van der Waals surface area contributed by atoms with Gasteiger partial charge in [-0.1, -0.05) is 64.4 Å². The molecule has 182 valence electrons. The van der Waals surface area contributed by atoms with Gasteiger partial charge in [0, 0.05) is 15.9 Å². The van der Waals surface area contributed by atoms with Crippen molar-refractivity contribution >= 4 is 39.6 Å². The summed E-state index contributed by atoms with van der Waals surface area (Å²) in [7, 11) is 0. The highest BCUT2D eigenvalue weighted by Gasteiger charge is 2.36. The van der Waals surface area contributed by atoms with Crippen LogP contribution in [0.15, 0.2) is 69.4 Å². The van der Waals surface area contributed by atoms with Crippen molar-refractivity contribution in [1.29, 1.82) is 0 Å². The van der Waals surface area contributed by atoms with E-state index in [2.05, 4.69) is 26.2 Å². The Bertz CT molecular complexity index is 1270. The summed E-state index contributed by atoms with van der Waals surface area (Å²) in [5.41, 5.74) is 2.71. The molecule has 5 rings (SSSR count). The molecular weight excluding hydrogens is 531 g/mol. The Balaban J connectivity index is 1.46. The smallest absolute Gasteiger partial charge is 0.338 e. The van der Waals surface area contributed by atoms with Gasteiger partial charge in [-0.3, -0.25) is 0 Å². The molecule has 1 fully saturated rings. The number of benzene rings is 2. The minimum atomic E-state index is -0.491. The topological polar surface area (TPSA) is 69.0 Å². The van der Waals surface area contributed by atoms with Gasteiger partial charge in [0.1, 0.15) is 18.0 Å². The first kappa shape index (κ1) is 24.1. The van der Waals surface area contributed by atoms with Crippen LogP contribution in [0.25, 0.3) is 0 Å². The van der Waals surface area contributed by atoms with Gasteiger partial charge in [-0.15, -0.1) is 5.10 Å². The van der Waals surface area contributed by atoms with Crippen molar-refractivity contribution in [3.05, 3.63) is 81.2 Å². The molecule has 0 saturated heterocycles. The molecule has 6 nitrogen and oxygen atoms in total. The zero-order valence-corrected chi connectivity index (χ0v) is 21.7. The molecule has 1 saturated carbocycles. The molecule has 1 atom stereocenters. The fourth-order valence-corrected chi connectivity index (χ4v) is 5.83. The molecule has 2 aliphatic rings. The van der Waals surface area contributed by atoms with Crippen molar-refractivity contribution in [2.75, 3.05) is 5.32 Å². The number of halogens is 2. The number of rotatable bonds is 6. The van der Waals surface area contributed by atoms with E-state index in [1.54, 1.807) is 16.8 Å². The number of nitrogens with one attached hydrogen (secondary N) is 1. The van der Waals surface area contributed by atoms with E-state index in [1.165, 1.54) is 24.2 Å². The Morgan fingerprint density at radius 2 is 2.00 bits per heavy atom. The normalized spacial score (nSPS) is 18.2. The number of anilines is 1. The molecule has 1 aliphatic carbocycles. The summed E-state index contributed by atoms with van der Waals surface area (Å²) < 4.78 is 22.7. The molecule has 3 aromatic rings. The van der Waals surface area contributed by atoms with E-state index in [1.807, 2.05) is 37.3 Å². The lowest BCUT2D eigenvalue weighted by Gasteiger charge is -2.30. The molecule has 35 heavy (non-hydrogen) atoms. The number of carbonyl (C=O) groups is 1. The second kappa shape index (κ2) is 10.5. The predicted octanol–water partition coefficient (Wildman–Crippen LogP) is 6.64. The first-order valence-corrected chi connectivity index (χ1v) is 13.5. The van der Waals surface area contributed by atoms with Crippen LogP contribution in [0.4, 0.5) is 10.3 Å². The number of allylic oxidation sites excluding steroid dienone is 1. The molecule has 0 spiro atoms. The zero-order valence-electron chi connectivity index (χ0n) is 19.3. The van der Waals surface area contributed by atoms with Crippen LogP contribution in [0.1, 0.15) is 56.2 Å². The van der Waals surface area contributed by atoms with Gasteiger partial charge in [0.2, 0.25) is 11.1 Å². The third-order valence-corrected chi connectivity index (χ3v) is 7.74. The van der Waals surface area contributed by atoms with Crippen molar-refractivity contribution in [2.45, 2.75) is 62.1 Å². The third-order valence-electron chi connectivity index (χ3n) is 6.36. The number of fused-ring (bicyclic) bond motifs is 1. The van der Waals surface area contributed by atoms with Gasteiger partial charge in [-0.2, -0.15) is 4.98 Å². The highest BCUT2D eigenvalue weighted by atomic mass is 79.9. The number of aromatic nitrogens is 3. The van der Waals surface area contributed by atoms with Crippen LogP contribution in [0.2, 0.25) is 0 Å². The van der Waals surface area contributed by atoms with Crippen molar-refractivity contribution < 1.29 is 13.9 Å². The van der Waals surface area contributed by atoms with Crippen LogP contribution >= 0.6 is 27.7 Å². The Morgan fingerprint density at radius 1 is 1.20 bits per heavy atom. The van der Waals surface area contributed by atoms with Crippen molar-refractivity contribution in [3.63, 3.8) is 0 Å². The van der Waals surface area contributed by atoms with Gasteiger partial charge >= 0.3 is 5.97 Å². The maximum Gasteiger partial charge on any atom is 0.338 e. The Labute approximate surface area is 216 Å². The summed E-state index contributed by atoms with van der Waals surface area (Å²) >= 11 is 4.90. The van der Waals surface area contributed by atoms with Crippen LogP contribution in [0.5, 0.6) is 0 Å². The lowest BCUT2D eigenvalue weighted by molar-refractivity contribution is -0.146. The maximum absolute atomic E-state index is 14.1. The molecule has 9 heteroatoms. The van der Waals surface area contributed by atoms with Crippen molar-refractivity contribution in [1.82, 2.24) is 14.8 Å². The molecule has 1 aromatic heterocycles. The summed E-state index contributed by atoms with van der Waals surface area (Å²) in [6.07, 6.45) is 5.10. The number of ether oxygens (including phenoxy) is 1. The van der Waals surface area contributed by atoms with E-state index in [0.717, 1.165) is 35.7 Å². The predicted molar refractivity (Wildman–Crippen MR) is 138 cm³/mol. The van der Waals surface area contributed by atoms with Gasteiger partial charge in [0.15, 0.2) is 0 Å². The van der Waals surface area contributed by atoms with Crippen LogP contribution < -0.4 is 5.32 Å². The average Bonchev–Trinajstić information content (AvgIpc) is 3.25. The Kier molecular flexibility index (Phi) is 7.24. The molecule has 0 amide bonds. The number of nitrogens with zero attached hydrogens (tertiary/aromatic N) is 3. The van der Waals surface area contributed by atoms with E-state index in [0.29, 0.717) is 33.7 Å². The first-order valence-electron chi connectivity index (χ1n) is 11.8. The van der Waals surface area contributed by atoms with Crippen LogP contribution in [-0.4, -0.2) is 26.8 Å². The van der Waals surface area contributed by atoms with E-state index in [4.69, 9.17) is 9.84 Å². The number of carbonyl (C=O) groups excluding carboxylic acids is 1. The van der Waals surface area contributed by atoms with Gasteiger partial charge in [-0.05, 0) is 61.9 Å². The fraction of sp³-hybridized carbons (Fsp3) is 0.346. The highest BCUT2D eigenvalue weighted by Crippen LogP contribution is 2.38. The average molecular weight is 557 g/mol. The van der Waals surface area contributed by atoms with Gasteiger partial charge in [-0.25, -0.2) is 13.9 Å². The van der Waals surface area contributed by atoms with Crippen LogP contribution in [0.3, 0.4) is 0 Å². The van der Waals surface area contributed by atoms with Crippen LogP contribution in [0, 0.1) is 5.82 Å². The summed E-state index contributed by atoms with van der Waals surface area (Å²) in [6.45, 7) is 1.87. The standard InChI is InChI=1S/C26H26BrFN4O2S/c1-16-22(24(33)34-20-11-3-2-4-12-20)23(17-9-7-10-19(27)14-17)32-25(29-16)30-26(31-32)35-15-18-8-5-6-13-21(18)28/h5-10,13-14,20,23H,2-4,11-12,15H2,1H3,(H,29,30,31). The Hall–Kier alpha value is -2.65. The summed E-state index contributed by atoms with van der Waals surface area (Å²) in [5.74, 6) is 0.367. The van der Waals surface area contributed by atoms with E-state index in [9.17, 15) is 9.18 Å². The lowest BCUT2D eigenvalue weighted by Crippen LogP contribution is -2.32. The quantitative estimate of drug-likeness (QED) is 0.271. The number of hydrogen-bond acceptors (Lipinski definition) is 6. The number of thioether (sulfide) groups is 1. The first-order chi connectivity index (χ1) is 17.0. The van der Waals surface area contributed by atoms with Crippen LogP contribution in [-0.2, 0) is 15.3 Å². The highest BCUT2D eigenvalue weighted by molar-refractivity contribution is 9.10. The molecular formula is C26H26BrFN4O2S. The molecule has 1 N–H and O–H groups in total. The van der Waals surface area contributed by atoms with Gasteiger partial charge in [0.05, 0.1) is 5.57 Å². The minimum Gasteiger partial charge on any atom is -0.459 e. The van der Waals surface area contributed by atoms with Crippen molar-refractivity contribution in [2.24, 2.45) is 0 Å². The molecule has 0 bridgehead atoms. The Morgan fingerprint density at radius 3 is 2.77 bits per heavy atom. The summed E-state index contributed by atoms with van der Waals surface area (Å²) in [6, 6.07) is 14.0. The second-order valence-electron chi connectivity index (χ2n) is 8.83. The zero-order chi connectivity index (χ0) is 24.4. The fourth-order valence-electron chi connectivity index (χ4n) is 4.60. The molecule has 2 aromatic carbocycles. The monoisotopic (exact) mass is 556 g/mol. The SMILES string of the molecule is CC1=C(C(=O)OC2CCCCC2)C(c2cccc(Br)c2)n2nc(SCc3ccccc3F)nc2N1. The number of esters is 1. The van der Waals surface area contributed by atoms with E-state index < -0.39 is 6.04 Å².